The molecule has 1 fully saturated rings. The van der Waals surface area contributed by atoms with E-state index >= 15 is 0 Å². The van der Waals surface area contributed by atoms with Crippen LogP contribution in [0.15, 0.2) is 24.3 Å². The molecular formula is C18H23N5O3. The number of aromatic nitrogens is 4. The summed E-state index contributed by atoms with van der Waals surface area (Å²) in [6.07, 6.45) is 3.86. The predicted molar refractivity (Wildman–Crippen MR) is 93.6 cm³/mol. The summed E-state index contributed by atoms with van der Waals surface area (Å²) in [7, 11) is 0. The van der Waals surface area contributed by atoms with Crippen molar-refractivity contribution >= 4 is 11.9 Å². The quantitative estimate of drug-likeness (QED) is 0.630. The largest absolute Gasteiger partial charge is 0.481 e. The number of carboxylic acid groups (broad SMARTS) is 1. The molecule has 1 saturated carbocycles. The maximum Gasteiger partial charge on any atom is 0.307 e. The third-order valence-corrected chi connectivity index (χ3v) is 4.68. The van der Waals surface area contributed by atoms with Gasteiger partial charge in [0, 0.05) is 17.5 Å². The second kappa shape index (κ2) is 8.07. The molecule has 1 heterocycles. The molecule has 3 rings (SSSR count). The highest BCUT2D eigenvalue weighted by atomic mass is 16.4. The molecule has 2 aromatic rings. The second-order valence-electron chi connectivity index (χ2n) is 6.76. The third kappa shape index (κ3) is 4.44. The number of aliphatic carboxylic acids is 1. The van der Waals surface area contributed by atoms with Crippen LogP contribution in [0.1, 0.15) is 60.3 Å². The normalized spacial score (nSPS) is 16.0. The molecular weight excluding hydrogens is 334 g/mol. The lowest BCUT2D eigenvalue weighted by molar-refractivity contribution is -0.143. The summed E-state index contributed by atoms with van der Waals surface area (Å²) in [5.74, 6) is -1.49. The van der Waals surface area contributed by atoms with Gasteiger partial charge in [0.2, 0.25) is 0 Å². The molecule has 8 nitrogen and oxygen atoms in total. The van der Waals surface area contributed by atoms with Crippen molar-refractivity contribution in [1.82, 2.24) is 25.9 Å². The first-order chi connectivity index (χ1) is 12.6. The summed E-state index contributed by atoms with van der Waals surface area (Å²) in [5.41, 5.74) is 1.55. The van der Waals surface area contributed by atoms with Gasteiger partial charge in [-0.25, -0.2) is 0 Å². The number of aromatic amines is 1. The van der Waals surface area contributed by atoms with Gasteiger partial charge in [-0.05, 0) is 43.4 Å². The molecule has 8 heteroatoms. The fraction of sp³-hybridized carbons (Fsp3) is 0.500. The Labute approximate surface area is 151 Å². The number of amides is 1. The number of benzene rings is 1. The number of carbonyl (C=O) groups is 2. The summed E-state index contributed by atoms with van der Waals surface area (Å²) in [4.78, 5) is 23.8. The predicted octanol–water partition coefficient (Wildman–Crippen LogP) is 1.92. The Bertz CT molecular complexity index is 741. The van der Waals surface area contributed by atoms with Gasteiger partial charge in [-0.15, -0.1) is 10.2 Å². The molecule has 1 aliphatic rings. The van der Waals surface area contributed by atoms with Crippen molar-refractivity contribution in [2.75, 3.05) is 0 Å². The number of nitrogens with one attached hydrogen (secondary N) is 2. The fourth-order valence-electron chi connectivity index (χ4n) is 3.09. The highest BCUT2D eigenvalue weighted by molar-refractivity contribution is 5.94. The van der Waals surface area contributed by atoms with Crippen LogP contribution in [-0.2, 0) is 11.2 Å². The van der Waals surface area contributed by atoms with Crippen molar-refractivity contribution in [3.05, 3.63) is 41.2 Å². The Morgan fingerprint density at radius 1 is 1.31 bits per heavy atom. The van der Waals surface area contributed by atoms with Crippen molar-refractivity contribution in [1.29, 1.82) is 0 Å². The molecule has 0 bridgehead atoms. The van der Waals surface area contributed by atoms with E-state index in [1.54, 1.807) is 12.1 Å². The van der Waals surface area contributed by atoms with Gasteiger partial charge in [-0.1, -0.05) is 30.7 Å². The summed E-state index contributed by atoms with van der Waals surface area (Å²) >= 11 is 0. The third-order valence-electron chi connectivity index (χ3n) is 4.68. The van der Waals surface area contributed by atoms with E-state index in [0.29, 0.717) is 30.3 Å². The number of H-pyrrole nitrogens is 1. The molecule has 1 amide bonds. The Kier molecular flexibility index (Phi) is 5.60. The first-order valence-electron chi connectivity index (χ1n) is 8.94. The number of carboxylic acids is 1. The van der Waals surface area contributed by atoms with Crippen LogP contribution in [-0.4, -0.2) is 43.6 Å². The average Bonchev–Trinajstić information content (AvgIpc) is 3.27. The van der Waals surface area contributed by atoms with E-state index in [2.05, 4.69) is 25.9 Å². The summed E-state index contributed by atoms with van der Waals surface area (Å²) in [5, 5.41) is 26.6. The Morgan fingerprint density at radius 2 is 2.04 bits per heavy atom. The summed E-state index contributed by atoms with van der Waals surface area (Å²) in [6.45, 7) is 1.95. The SMILES string of the molecule is CCC[C@H](C(=O)O)[C@H](Cc1ccc(C(=O)NC2CC2)cc1)c1nn[nH]n1. The maximum absolute atomic E-state index is 12.1. The molecule has 3 N–H and O–H groups in total. The highest BCUT2D eigenvalue weighted by Gasteiger charge is 2.32. The molecule has 1 aromatic carbocycles. The summed E-state index contributed by atoms with van der Waals surface area (Å²) in [6, 6.07) is 7.58. The van der Waals surface area contributed by atoms with Gasteiger partial charge in [-0.3, -0.25) is 9.59 Å². The van der Waals surface area contributed by atoms with Gasteiger partial charge in [0.25, 0.3) is 5.91 Å². The number of hydrogen-bond acceptors (Lipinski definition) is 5. The molecule has 1 aromatic heterocycles. The lowest BCUT2D eigenvalue weighted by Gasteiger charge is -2.21. The number of carbonyl (C=O) groups excluding carboxylic acids is 1. The highest BCUT2D eigenvalue weighted by Crippen LogP contribution is 2.30. The maximum atomic E-state index is 12.1. The van der Waals surface area contributed by atoms with Gasteiger partial charge in [0.1, 0.15) is 0 Å². The first-order valence-corrected chi connectivity index (χ1v) is 8.94. The van der Waals surface area contributed by atoms with E-state index in [4.69, 9.17) is 0 Å². The molecule has 26 heavy (non-hydrogen) atoms. The lowest BCUT2D eigenvalue weighted by atomic mass is 9.83. The van der Waals surface area contributed by atoms with E-state index < -0.39 is 11.9 Å². The Morgan fingerprint density at radius 3 is 2.58 bits per heavy atom. The van der Waals surface area contributed by atoms with Crippen LogP contribution in [0.5, 0.6) is 0 Å². The molecule has 2 atom stereocenters. The molecule has 0 saturated heterocycles. The standard InChI is InChI=1S/C18H23N5O3/c1-2-3-14(18(25)26)15(16-20-22-23-21-16)10-11-4-6-12(7-5-11)17(24)19-13-8-9-13/h4-7,13-15H,2-3,8-10H2,1H3,(H,19,24)(H,25,26)(H,20,21,22,23)/t14-,15-/m0/s1. The van der Waals surface area contributed by atoms with Crippen molar-refractivity contribution in [3.8, 4) is 0 Å². The van der Waals surface area contributed by atoms with E-state index in [-0.39, 0.29) is 11.8 Å². The fourth-order valence-corrected chi connectivity index (χ4v) is 3.09. The van der Waals surface area contributed by atoms with Crippen LogP contribution in [0.25, 0.3) is 0 Å². The zero-order valence-corrected chi connectivity index (χ0v) is 14.7. The monoisotopic (exact) mass is 357 g/mol. The Hall–Kier alpha value is -2.77. The van der Waals surface area contributed by atoms with Crippen molar-refractivity contribution < 1.29 is 14.7 Å². The molecule has 0 unspecified atom stereocenters. The van der Waals surface area contributed by atoms with E-state index in [1.807, 2.05) is 19.1 Å². The molecule has 1 aliphatic carbocycles. The van der Waals surface area contributed by atoms with E-state index in [1.165, 1.54) is 0 Å². The van der Waals surface area contributed by atoms with E-state index in [0.717, 1.165) is 24.8 Å². The lowest BCUT2D eigenvalue weighted by Crippen LogP contribution is -2.26. The van der Waals surface area contributed by atoms with Gasteiger partial charge in [0.05, 0.1) is 5.92 Å². The van der Waals surface area contributed by atoms with Crippen LogP contribution < -0.4 is 5.32 Å². The van der Waals surface area contributed by atoms with Crippen molar-refractivity contribution in [3.63, 3.8) is 0 Å². The second-order valence-corrected chi connectivity index (χ2v) is 6.76. The minimum absolute atomic E-state index is 0.0665. The van der Waals surface area contributed by atoms with Gasteiger partial charge in [-0.2, -0.15) is 5.21 Å². The topological polar surface area (TPSA) is 121 Å². The minimum atomic E-state index is -0.859. The minimum Gasteiger partial charge on any atom is -0.481 e. The average molecular weight is 357 g/mol. The smallest absolute Gasteiger partial charge is 0.307 e. The zero-order chi connectivity index (χ0) is 18.5. The van der Waals surface area contributed by atoms with Gasteiger partial charge < -0.3 is 10.4 Å². The molecule has 138 valence electrons. The van der Waals surface area contributed by atoms with E-state index in [9.17, 15) is 14.7 Å². The van der Waals surface area contributed by atoms with Crippen LogP contribution in [0.3, 0.4) is 0 Å². The van der Waals surface area contributed by atoms with Gasteiger partial charge >= 0.3 is 5.97 Å². The zero-order valence-electron chi connectivity index (χ0n) is 14.7. The van der Waals surface area contributed by atoms with Crippen LogP contribution in [0, 0.1) is 5.92 Å². The van der Waals surface area contributed by atoms with Crippen molar-refractivity contribution in [2.45, 2.75) is 51.0 Å². The van der Waals surface area contributed by atoms with Gasteiger partial charge in [0.15, 0.2) is 5.82 Å². The van der Waals surface area contributed by atoms with Crippen LogP contribution in [0.4, 0.5) is 0 Å². The number of tetrazole rings is 1. The first kappa shape index (κ1) is 18.0. The molecule has 0 radical (unpaired) electrons. The molecule has 0 aliphatic heterocycles. The molecule has 0 spiro atoms. The summed E-state index contributed by atoms with van der Waals surface area (Å²) < 4.78 is 0. The van der Waals surface area contributed by atoms with Crippen LogP contribution >= 0.6 is 0 Å². The number of nitrogens with zero attached hydrogens (tertiary/aromatic N) is 3. The number of hydrogen-bond donors (Lipinski definition) is 3. The number of rotatable bonds is 9. The van der Waals surface area contributed by atoms with Crippen LogP contribution in [0.2, 0.25) is 0 Å². The van der Waals surface area contributed by atoms with Crippen molar-refractivity contribution in [2.24, 2.45) is 5.92 Å². The Balaban J connectivity index is 1.75.